The van der Waals surface area contributed by atoms with Crippen LogP contribution in [0.4, 0.5) is 0 Å². The summed E-state index contributed by atoms with van der Waals surface area (Å²) in [5.41, 5.74) is 0. The molecule has 0 N–H and O–H groups in total. The summed E-state index contributed by atoms with van der Waals surface area (Å²) in [6, 6.07) is 0. The number of rotatable bonds is 36. The zero-order valence-corrected chi connectivity index (χ0v) is 26.3. The molecule has 0 aliphatic carbocycles. The maximum absolute atomic E-state index is 11.8. The Morgan fingerprint density at radius 1 is 0.463 bits per heavy atom. The average molecular weight is 591 g/mol. The van der Waals surface area contributed by atoms with Crippen molar-refractivity contribution in [1.82, 2.24) is 0 Å². The van der Waals surface area contributed by atoms with E-state index in [9.17, 15) is 4.79 Å². The Morgan fingerprint density at radius 2 is 0.780 bits per heavy atom. The Morgan fingerprint density at radius 3 is 1.15 bits per heavy atom. The van der Waals surface area contributed by atoms with Gasteiger partial charge in [0.1, 0.15) is 13.2 Å². The van der Waals surface area contributed by atoms with Crippen LogP contribution in [0.2, 0.25) is 0 Å². The van der Waals surface area contributed by atoms with Crippen LogP contribution in [0, 0.1) is 0 Å². The maximum Gasteiger partial charge on any atom is 0.305 e. The van der Waals surface area contributed by atoms with Gasteiger partial charge in [-0.05, 0) is 6.42 Å². The first-order chi connectivity index (χ1) is 20.3. The van der Waals surface area contributed by atoms with Gasteiger partial charge in [0.2, 0.25) is 0 Å². The van der Waals surface area contributed by atoms with Gasteiger partial charge in [0, 0.05) is 6.42 Å². The van der Waals surface area contributed by atoms with Crippen LogP contribution >= 0.6 is 0 Å². The van der Waals surface area contributed by atoms with Crippen LogP contribution in [0.3, 0.4) is 0 Å². The number of ether oxygens (including phenoxy) is 8. The fourth-order valence-electron chi connectivity index (χ4n) is 3.97. The summed E-state index contributed by atoms with van der Waals surface area (Å²) >= 11 is 0. The second-order valence-corrected chi connectivity index (χ2v) is 9.92. The van der Waals surface area contributed by atoms with Crippen molar-refractivity contribution < 1.29 is 42.7 Å². The van der Waals surface area contributed by atoms with E-state index in [4.69, 9.17) is 37.9 Å². The topological polar surface area (TPSA) is 90.9 Å². The minimum Gasteiger partial charge on any atom is -0.499 e. The number of unbranched alkanes of at least 4 members (excludes halogenated alkanes) is 12. The van der Waals surface area contributed by atoms with Gasteiger partial charge in [-0.1, -0.05) is 90.6 Å². The molecule has 0 unspecified atom stereocenters. The van der Waals surface area contributed by atoms with Gasteiger partial charge < -0.3 is 37.9 Å². The molecule has 0 spiro atoms. The Labute approximate surface area is 250 Å². The molecule has 0 aromatic carbocycles. The summed E-state index contributed by atoms with van der Waals surface area (Å²) in [6.45, 7) is 12.5. The molecule has 244 valence electrons. The minimum atomic E-state index is -0.127. The lowest BCUT2D eigenvalue weighted by Crippen LogP contribution is -2.15. The second kappa shape index (κ2) is 36.8. The summed E-state index contributed by atoms with van der Waals surface area (Å²) in [7, 11) is 0. The molecule has 0 saturated carbocycles. The SMILES string of the molecule is C=COCCOCCOCCOCCOCCOCCOCCOC(=O)CCCCCCCCCCCCCCC. The molecule has 0 fully saturated rings. The number of carbonyl (C=O) groups is 1. The van der Waals surface area contributed by atoms with E-state index in [1.54, 1.807) is 0 Å². The van der Waals surface area contributed by atoms with Crippen molar-refractivity contribution in [2.24, 2.45) is 0 Å². The van der Waals surface area contributed by atoms with Crippen LogP contribution in [0.5, 0.6) is 0 Å². The van der Waals surface area contributed by atoms with Crippen LogP contribution in [0.1, 0.15) is 96.8 Å². The summed E-state index contributed by atoms with van der Waals surface area (Å²) in [5.74, 6) is -0.127. The first-order valence-corrected chi connectivity index (χ1v) is 16.2. The number of hydrogen-bond donors (Lipinski definition) is 0. The average Bonchev–Trinajstić information content (AvgIpc) is 2.98. The van der Waals surface area contributed by atoms with Crippen molar-refractivity contribution in [2.45, 2.75) is 96.8 Å². The van der Waals surface area contributed by atoms with E-state index in [0.29, 0.717) is 98.9 Å². The molecule has 0 rings (SSSR count). The lowest BCUT2D eigenvalue weighted by Gasteiger charge is -2.08. The largest absolute Gasteiger partial charge is 0.499 e. The molecule has 0 aromatic rings. The van der Waals surface area contributed by atoms with Crippen LogP contribution in [-0.2, 0) is 42.7 Å². The van der Waals surface area contributed by atoms with Crippen LogP contribution in [-0.4, -0.2) is 98.5 Å². The fraction of sp³-hybridized carbons (Fsp3) is 0.906. The predicted molar refractivity (Wildman–Crippen MR) is 162 cm³/mol. The first kappa shape index (κ1) is 39.8. The molecular formula is C32H62O9. The number of esters is 1. The van der Waals surface area contributed by atoms with Crippen LogP contribution in [0.15, 0.2) is 12.8 Å². The molecule has 0 bridgehead atoms. The third-order valence-electron chi connectivity index (χ3n) is 6.30. The molecule has 9 nitrogen and oxygen atoms in total. The summed E-state index contributed by atoms with van der Waals surface area (Å²) in [5, 5.41) is 0. The zero-order chi connectivity index (χ0) is 29.7. The highest BCUT2D eigenvalue weighted by atomic mass is 16.6. The summed E-state index contributed by atoms with van der Waals surface area (Å²) in [6.07, 6.45) is 18.8. The predicted octanol–water partition coefficient (Wildman–Crippen LogP) is 6.27. The first-order valence-electron chi connectivity index (χ1n) is 16.2. The molecule has 0 saturated heterocycles. The van der Waals surface area contributed by atoms with Crippen LogP contribution < -0.4 is 0 Å². The Balaban J connectivity index is 3.13. The molecule has 0 amide bonds. The highest BCUT2D eigenvalue weighted by Gasteiger charge is 2.03. The molecule has 0 aromatic heterocycles. The number of hydrogen-bond acceptors (Lipinski definition) is 9. The van der Waals surface area contributed by atoms with Gasteiger partial charge in [-0.25, -0.2) is 0 Å². The standard InChI is InChI=1S/C32H62O9/c1-3-5-6-7-8-9-10-11-12-13-14-15-16-17-32(33)41-31-30-40-29-28-39-27-26-38-25-24-37-23-22-36-21-20-35-19-18-34-4-2/h4H,2-3,5-31H2,1H3. The van der Waals surface area contributed by atoms with Gasteiger partial charge in [-0.2, -0.15) is 0 Å². The van der Waals surface area contributed by atoms with E-state index >= 15 is 0 Å². The molecule has 0 atom stereocenters. The normalized spacial score (nSPS) is 11.1. The Bertz CT molecular complexity index is 519. The molecule has 0 aliphatic rings. The van der Waals surface area contributed by atoms with Gasteiger partial charge in [0.05, 0.1) is 85.5 Å². The third-order valence-corrected chi connectivity index (χ3v) is 6.30. The van der Waals surface area contributed by atoms with E-state index in [1.165, 1.54) is 76.9 Å². The summed E-state index contributed by atoms with van der Waals surface area (Å²) in [4.78, 5) is 11.8. The highest BCUT2D eigenvalue weighted by molar-refractivity contribution is 5.69. The van der Waals surface area contributed by atoms with Gasteiger partial charge in [-0.15, -0.1) is 0 Å². The summed E-state index contributed by atoms with van der Waals surface area (Å²) < 4.78 is 42.7. The maximum atomic E-state index is 11.8. The molecule has 0 aliphatic heterocycles. The van der Waals surface area contributed by atoms with Crippen molar-refractivity contribution in [3.63, 3.8) is 0 Å². The van der Waals surface area contributed by atoms with Crippen molar-refractivity contribution >= 4 is 5.97 Å². The third kappa shape index (κ3) is 36.7. The van der Waals surface area contributed by atoms with Gasteiger partial charge in [0.25, 0.3) is 0 Å². The molecule has 0 heterocycles. The molecule has 9 heteroatoms. The van der Waals surface area contributed by atoms with Crippen molar-refractivity contribution in [1.29, 1.82) is 0 Å². The van der Waals surface area contributed by atoms with E-state index in [1.807, 2.05) is 0 Å². The molecule has 41 heavy (non-hydrogen) atoms. The lowest BCUT2D eigenvalue weighted by atomic mass is 10.0. The lowest BCUT2D eigenvalue weighted by molar-refractivity contribution is -0.145. The molecular weight excluding hydrogens is 528 g/mol. The number of carbonyl (C=O) groups excluding carboxylic acids is 1. The van der Waals surface area contributed by atoms with Gasteiger partial charge in [0.15, 0.2) is 0 Å². The monoisotopic (exact) mass is 590 g/mol. The van der Waals surface area contributed by atoms with E-state index in [0.717, 1.165) is 12.8 Å². The van der Waals surface area contributed by atoms with E-state index in [2.05, 4.69) is 13.5 Å². The second-order valence-electron chi connectivity index (χ2n) is 9.92. The highest BCUT2D eigenvalue weighted by Crippen LogP contribution is 2.13. The van der Waals surface area contributed by atoms with Crippen LogP contribution in [0.25, 0.3) is 0 Å². The quantitative estimate of drug-likeness (QED) is 0.0476. The van der Waals surface area contributed by atoms with E-state index in [-0.39, 0.29) is 5.97 Å². The smallest absolute Gasteiger partial charge is 0.305 e. The minimum absolute atomic E-state index is 0.127. The van der Waals surface area contributed by atoms with Gasteiger partial charge >= 0.3 is 5.97 Å². The van der Waals surface area contributed by atoms with Crippen molar-refractivity contribution in [3.8, 4) is 0 Å². The van der Waals surface area contributed by atoms with Crippen molar-refractivity contribution in [2.75, 3.05) is 92.5 Å². The Hall–Kier alpha value is -1.23. The Kier molecular flexibility index (Phi) is 35.7. The van der Waals surface area contributed by atoms with E-state index < -0.39 is 0 Å². The van der Waals surface area contributed by atoms with Gasteiger partial charge in [-0.3, -0.25) is 4.79 Å². The van der Waals surface area contributed by atoms with Crippen molar-refractivity contribution in [3.05, 3.63) is 12.8 Å². The molecule has 0 radical (unpaired) electrons. The zero-order valence-electron chi connectivity index (χ0n) is 26.3. The fourth-order valence-corrected chi connectivity index (χ4v) is 3.97.